The zero-order valence-corrected chi connectivity index (χ0v) is 15.4. The van der Waals surface area contributed by atoms with Crippen LogP contribution in [0.4, 0.5) is 0 Å². The lowest BCUT2D eigenvalue weighted by Gasteiger charge is -2.17. The maximum atomic E-state index is 12.6. The number of aromatic amines is 1. The first-order valence-corrected chi connectivity index (χ1v) is 9.19. The van der Waals surface area contributed by atoms with E-state index in [1.807, 2.05) is 60.8 Å². The summed E-state index contributed by atoms with van der Waals surface area (Å²) in [4.78, 5) is 15.9. The van der Waals surface area contributed by atoms with Crippen LogP contribution < -0.4 is 5.32 Å². The molecule has 0 aliphatic carbocycles. The minimum atomic E-state index is -0.101. The summed E-state index contributed by atoms with van der Waals surface area (Å²) in [7, 11) is 0. The summed E-state index contributed by atoms with van der Waals surface area (Å²) >= 11 is 6.21. The van der Waals surface area contributed by atoms with Gasteiger partial charge in [-0.15, -0.1) is 0 Å². The van der Waals surface area contributed by atoms with Crippen molar-refractivity contribution >= 4 is 28.4 Å². The molecule has 0 saturated heterocycles. The molecule has 4 rings (SSSR count). The second-order valence-electron chi connectivity index (χ2n) is 6.46. The van der Waals surface area contributed by atoms with Crippen molar-refractivity contribution in [1.82, 2.24) is 10.3 Å². The van der Waals surface area contributed by atoms with E-state index < -0.39 is 0 Å². The number of aromatic nitrogens is 1. The monoisotopic (exact) mass is 378 g/mol. The highest BCUT2D eigenvalue weighted by molar-refractivity contribution is 6.30. The number of furan rings is 1. The Labute approximate surface area is 162 Å². The maximum Gasteiger partial charge on any atom is 0.221 e. The van der Waals surface area contributed by atoms with Gasteiger partial charge in [0.05, 0.1) is 12.8 Å². The fraction of sp³-hybridized carbons (Fsp3) is 0.136. The molecule has 0 bridgehead atoms. The maximum absolute atomic E-state index is 12.6. The number of hydrogen-bond acceptors (Lipinski definition) is 2. The summed E-state index contributed by atoms with van der Waals surface area (Å²) in [5, 5.41) is 4.71. The van der Waals surface area contributed by atoms with Crippen molar-refractivity contribution in [2.24, 2.45) is 0 Å². The van der Waals surface area contributed by atoms with Crippen molar-refractivity contribution in [2.45, 2.75) is 18.9 Å². The first kappa shape index (κ1) is 17.4. The van der Waals surface area contributed by atoms with Gasteiger partial charge in [-0.05, 0) is 41.5 Å². The number of nitrogens with one attached hydrogen (secondary N) is 2. The van der Waals surface area contributed by atoms with E-state index in [0.29, 0.717) is 18.0 Å². The predicted octanol–water partition coefficient (Wildman–Crippen LogP) is 5.25. The van der Waals surface area contributed by atoms with Gasteiger partial charge in [0.2, 0.25) is 5.91 Å². The van der Waals surface area contributed by atoms with E-state index in [-0.39, 0.29) is 11.8 Å². The third-order valence-corrected chi connectivity index (χ3v) is 4.91. The van der Waals surface area contributed by atoms with E-state index in [2.05, 4.69) is 16.4 Å². The molecule has 1 amide bonds. The number of carbonyl (C=O) groups excluding carboxylic acids is 1. The molecule has 1 atom stereocenters. The van der Waals surface area contributed by atoms with Gasteiger partial charge in [-0.25, -0.2) is 0 Å². The van der Waals surface area contributed by atoms with E-state index >= 15 is 0 Å². The first-order chi connectivity index (χ1) is 13.2. The van der Waals surface area contributed by atoms with Crippen LogP contribution in [-0.4, -0.2) is 10.9 Å². The van der Waals surface area contributed by atoms with Crippen molar-refractivity contribution in [2.75, 3.05) is 0 Å². The fourth-order valence-electron chi connectivity index (χ4n) is 3.37. The van der Waals surface area contributed by atoms with Crippen molar-refractivity contribution in [3.63, 3.8) is 0 Å². The third-order valence-electron chi connectivity index (χ3n) is 4.68. The molecule has 27 heavy (non-hydrogen) atoms. The lowest BCUT2D eigenvalue weighted by molar-refractivity contribution is -0.121. The van der Waals surface area contributed by atoms with Crippen LogP contribution in [0.15, 0.2) is 77.5 Å². The number of halogens is 1. The van der Waals surface area contributed by atoms with Gasteiger partial charge in [-0.1, -0.05) is 41.9 Å². The molecule has 0 fully saturated rings. The number of carbonyl (C=O) groups is 1. The molecule has 4 nitrogen and oxygen atoms in total. The first-order valence-electron chi connectivity index (χ1n) is 8.81. The molecule has 1 unspecified atom stereocenters. The zero-order chi connectivity index (χ0) is 18.6. The Balaban J connectivity index is 1.63. The van der Waals surface area contributed by atoms with E-state index in [0.717, 1.165) is 27.8 Å². The lowest BCUT2D eigenvalue weighted by atomic mass is 9.88. The van der Waals surface area contributed by atoms with Crippen molar-refractivity contribution < 1.29 is 9.21 Å². The molecule has 0 radical (unpaired) electrons. The summed E-state index contributed by atoms with van der Waals surface area (Å²) in [5.41, 5.74) is 3.15. The van der Waals surface area contributed by atoms with E-state index in [9.17, 15) is 4.79 Å². The van der Waals surface area contributed by atoms with Crippen molar-refractivity contribution in [3.8, 4) is 0 Å². The molecule has 0 aliphatic heterocycles. The van der Waals surface area contributed by atoms with Gasteiger partial charge in [0.15, 0.2) is 0 Å². The Morgan fingerprint density at radius 2 is 2.00 bits per heavy atom. The standard InChI is InChI=1S/C22H19ClN2O2/c23-16-6-3-5-15(11-16)19(12-22(26)25-13-17-7-4-10-27-17)20-14-24-21-9-2-1-8-18(20)21/h1-11,14,19,24H,12-13H2,(H,25,26). The van der Waals surface area contributed by atoms with Gasteiger partial charge in [-0.3, -0.25) is 4.79 Å². The average molecular weight is 379 g/mol. The van der Waals surface area contributed by atoms with Gasteiger partial charge >= 0.3 is 0 Å². The van der Waals surface area contributed by atoms with E-state index in [4.69, 9.17) is 16.0 Å². The topological polar surface area (TPSA) is 58.0 Å². The SMILES string of the molecule is O=C(CC(c1cccc(Cl)c1)c1c[nH]c2ccccc12)NCc1ccco1. The summed E-state index contributed by atoms with van der Waals surface area (Å²) in [6, 6.07) is 19.4. The Bertz CT molecular complexity index is 1050. The van der Waals surface area contributed by atoms with Crippen LogP contribution in [0.3, 0.4) is 0 Å². The Kier molecular flexibility index (Phi) is 4.99. The number of H-pyrrole nitrogens is 1. The number of hydrogen-bond donors (Lipinski definition) is 2. The van der Waals surface area contributed by atoms with Crippen molar-refractivity contribution in [3.05, 3.63) is 95.0 Å². The summed E-state index contributed by atoms with van der Waals surface area (Å²) in [5.74, 6) is 0.591. The average Bonchev–Trinajstić information content (AvgIpc) is 3.34. The van der Waals surface area contributed by atoms with Crippen LogP contribution in [0.5, 0.6) is 0 Å². The highest BCUT2D eigenvalue weighted by Gasteiger charge is 2.21. The largest absolute Gasteiger partial charge is 0.467 e. The minimum Gasteiger partial charge on any atom is -0.467 e. The molecule has 0 saturated carbocycles. The summed E-state index contributed by atoms with van der Waals surface area (Å²) in [6.45, 7) is 0.377. The molecule has 2 aromatic heterocycles. The highest BCUT2D eigenvalue weighted by Crippen LogP contribution is 2.34. The van der Waals surface area contributed by atoms with Crippen LogP contribution in [0, 0.1) is 0 Å². The number of rotatable bonds is 6. The van der Waals surface area contributed by atoms with Gasteiger partial charge in [0, 0.05) is 34.5 Å². The second kappa shape index (κ2) is 7.72. The number of amides is 1. The number of fused-ring (bicyclic) bond motifs is 1. The molecule has 0 spiro atoms. The highest BCUT2D eigenvalue weighted by atomic mass is 35.5. The molecule has 2 N–H and O–H groups in total. The second-order valence-corrected chi connectivity index (χ2v) is 6.89. The normalized spacial score (nSPS) is 12.2. The van der Waals surface area contributed by atoms with Gasteiger partial charge < -0.3 is 14.7 Å². The zero-order valence-electron chi connectivity index (χ0n) is 14.6. The van der Waals surface area contributed by atoms with E-state index in [1.165, 1.54) is 0 Å². The molecule has 4 aromatic rings. The third kappa shape index (κ3) is 3.91. The number of para-hydroxylation sites is 1. The molecule has 2 aromatic carbocycles. The smallest absolute Gasteiger partial charge is 0.221 e. The molecule has 136 valence electrons. The van der Waals surface area contributed by atoms with Gasteiger partial charge in [0.25, 0.3) is 0 Å². The van der Waals surface area contributed by atoms with Crippen LogP contribution in [0.25, 0.3) is 10.9 Å². The van der Waals surface area contributed by atoms with E-state index in [1.54, 1.807) is 6.26 Å². The minimum absolute atomic E-state index is 0.0401. The fourth-order valence-corrected chi connectivity index (χ4v) is 3.57. The summed E-state index contributed by atoms with van der Waals surface area (Å²) < 4.78 is 5.28. The predicted molar refractivity (Wildman–Crippen MR) is 107 cm³/mol. The number of benzene rings is 2. The van der Waals surface area contributed by atoms with Crippen LogP contribution in [0.1, 0.15) is 29.2 Å². The quantitative estimate of drug-likeness (QED) is 0.481. The Morgan fingerprint density at radius 1 is 1.11 bits per heavy atom. The van der Waals surface area contributed by atoms with Gasteiger partial charge in [-0.2, -0.15) is 0 Å². The molecule has 0 aliphatic rings. The summed E-state index contributed by atoms with van der Waals surface area (Å²) in [6.07, 6.45) is 3.90. The molecular formula is C22H19ClN2O2. The lowest BCUT2D eigenvalue weighted by Crippen LogP contribution is -2.24. The molecule has 2 heterocycles. The molecular weight excluding hydrogens is 360 g/mol. The van der Waals surface area contributed by atoms with Crippen LogP contribution in [-0.2, 0) is 11.3 Å². The Hall–Kier alpha value is -2.98. The van der Waals surface area contributed by atoms with Crippen LogP contribution in [0.2, 0.25) is 5.02 Å². The molecule has 5 heteroatoms. The Morgan fingerprint density at radius 3 is 2.81 bits per heavy atom. The van der Waals surface area contributed by atoms with Gasteiger partial charge in [0.1, 0.15) is 5.76 Å². The van der Waals surface area contributed by atoms with Crippen LogP contribution >= 0.6 is 11.6 Å². The van der Waals surface area contributed by atoms with Crippen molar-refractivity contribution in [1.29, 1.82) is 0 Å².